The van der Waals surface area contributed by atoms with Crippen LogP contribution in [0, 0.1) is 5.92 Å². The molecule has 0 saturated carbocycles. The van der Waals surface area contributed by atoms with Crippen molar-refractivity contribution in [1.82, 2.24) is 10.2 Å². The van der Waals surface area contributed by atoms with Gasteiger partial charge in [-0.25, -0.2) is 0 Å². The highest BCUT2D eigenvalue weighted by atomic mass is 16.2. The van der Waals surface area contributed by atoms with Crippen molar-refractivity contribution in [3.05, 3.63) is 35.4 Å². The van der Waals surface area contributed by atoms with E-state index in [1.54, 1.807) is 0 Å². The molecule has 0 spiro atoms. The summed E-state index contributed by atoms with van der Waals surface area (Å²) in [5, 5.41) is 3.04. The van der Waals surface area contributed by atoms with Crippen LogP contribution in [0.2, 0.25) is 0 Å². The summed E-state index contributed by atoms with van der Waals surface area (Å²) in [4.78, 5) is 25.9. The summed E-state index contributed by atoms with van der Waals surface area (Å²) < 4.78 is 0. The Labute approximate surface area is 124 Å². The van der Waals surface area contributed by atoms with Crippen LogP contribution in [0.5, 0.6) is 0 Å². The van der Waals surface area contributed by atoms with Gasteiger partial charge < -0.3 is 16.0 Å². The standard InChI is InChI=1S/C16H21N3O2/c17-9-11-2-1-3-12(8-11)16(21)19-7-6-14-13(10-19)4-5-15(20)18-14/h1-3,8,13-14H,4-7,9-10,17H2,(H,18,20). The van der Waals surface area contributed by atoms with Gasteiger partial charge in [-0.05, 0) is 36.5 Å². The monoisotopic (exact) mass is 287 g/mol. The summed E-state index contributed by atoms with van der Waals surface area (Å²) in [5.74, 6) is 0.602. The minimum atomic E-state index is 0.0700. The van der Waals surface area contributed by atoms with Crippen LogP contribution >= 0.6 is 0 Å². The van der Waals surface area contributed by atoms with E-state index >= 15 is 0 Å². The van der Waals surface area contributed by atoms with Crippen LogP contribution in [-0.4, -0.2) is 35.8 Å². The van der Waals surface area contributed by atoms with E-state index in [1.807, 2.05) is 29.2 Å². The quantitative estimate of drug-likeness (QED) is 0.848. The number of nitrogens with one attached hydrogen (secondary N) is 1. The van der Waals surface area contributed by atoms with Gasteiger partial charge in [0.2, 0.25) is 5.91 Å². The molecule has 5 nitrogen and oxygen atoms in total. The van der Waals surface area contributed by atoms with E-state index in [0.29, 0.717) is 31.0 Å². The van der Waals surface area contributed by atoms with Gasteiger partial charge in [0.25, 0.3) is 5.91 Å². The summed E-state index contributed by atoms with van der Waals surface area (Å²) in [6.07, 6.45) is 2.30. The number of nitrogens with zero attached hydrogens (tertiary/aromatic N) is 1. The molecule has 3 N–H and O–H groups in total. The van der Waals surface area contributed by atoms with Crippen LogP contribution in [0.1, 0.15) is 35.2 Å². The van der Waals surface area contributed by atoms with Crippen molar-refractivity contribution in [1.29, 1.82) is 0 Å². The average molecular weight is 287 g/mol. The molecule has 2 heterocycles. The fraction of sp³-hybridized carbons (Fsp3) is 0.500. The van der Waals surface area contributed by atoms with Gasteiger partial charge in [-0.1, -0.05) is 12.1 Å². The van der Waals surface area contributed by atoms with Gasteiger partial charge in [-0.15, -0.1) is 0 Å². The summed E-state index contributed by atoms with van der Waals surface area (Å²) in [5.41, 5.74) is 7.31. The first kappa shape index (κ1) is 14.1. The molecule has 1 aromatic rings. The molecule has 2 amide bonds. The number of hydrogen-bond acceptors (Lipinski definition) is 3. The van der Waals surface area contributed by atoms with E-state index in [2.05, 4.69) is 5.32 Å². The van der Waals surface area contributed by atoms with E-state index in [4.69, 9.17) is 5.73 Å². The van der Waals surface area contributed by atoms with Crippen LogP contribution in [0.25, 0.3) is 0 Å². The number of piperidine rings is 2. The Balaban J connectivity index is 1.70. The van der Waals surface area contributed by atoms with Gasteiger partial charge in [0.15, 0.2) is 0 Å². The molecule has 3 rings (SSSR count). The third-order valence-electron chi connectivity index (χ3n) is 4.52. The van der Waals surface area contributed by atoms with E-state index in [0.717, 1.165) is 24.9 Å². The number of rotatable bonds is 2. The van der Waals surface area contributed by atoms with E-state index in [9.17, 15) is 9.59 Å². The second-order valence-electron chi connectivity index (χ2n) is 5.92. The number of fused-ring (bicyclic) bond motifs is 1. The molecule has 2 aliphatic heterocycles. The van der Waals surface area contributed by atoms with Gasteiger partial charge in [-0.3, -0.25) is 9.59 Å². The smallest absolute Gasteiger partial charge is 0.253 e. The highest BCUT2D eigenvalue weighted by Crippen LogP contribution is 2.26. The number of benzene rings is 1. The van der Waals surface area contributed by atoms with Crippen molar-refractivity contribution in [2.24, 2.45) is 11.7 Å². The summed E-state index contributed by atoms with van der Waals surface area (Å²) in [6, 6.07) is 7.77. The second kappa shape index (κ2) is 5.85. The molecule has 2 unspecified atom stereocenters. The van der Waals surface area contributed by atoms with Gasteiger partial charge in [0, 0.05) is 37.7 Å². The zero-order chi connectivity index (χ0) is 14.8. The zero-order valence-corrected chi connectivity index (χ0v) is 12.0. The Kier molecular flexibility index (Phi) is 3.92. The number of likely N-dealkylation sites (tertiary alicyclic amines) is 1. The lowest BCUT2D eigenvalue weighted by Gasteiger charge is -2.41. The molecule has 112 valence electrons. The average Bonchev–Trinajstić information content (AvgIpc) is 2.53. The number of nitrogens with two attached hydrogens (primary N) is 1. The lowest BCUT2D eigenvalue weighted by Crippen LogP contribution is -2.55. The number of carbonyl (C=O) groups is 2. The second-order valence-corrected chi connectivity index (χ2v) is 5.92. The minimum Gasteiger partial charge on any atom is -0.353 e. The first-order chi connectivity index (χ1) is 10.2. The van der Waals surface area contributed by atoms with Crippen LogP contribution < -0.4 is 11.1 Å². The lowest BCUT2D eigenvalue weighted by molar-refractivity contribution is -0.125. The normalized spacial score (nSPS) is 25.2. The molecular weight excluding hydrogens is 266 g/mol. The van der Waals surface area contributed by atoms with E-state index in [1.165, 1.54) is 0 Å². The molecule has 5 heteroatoms. The number of hydrogen-bond donors (Lipinski definition) is 2. The molecule has 2 atom stereocenters. The fourth-order valence-corrected chi connectivity index (χ4v) is 3.31. The summed E-state index contributed by atoms with van der Waals surface area (Å²) in [7, 11) is 0. The van der Waals surface area contributed by atoms with Crippen molar-refractivity contribution < 1.29 is 9.59 Å². The predicted molar refractivity (Wildman–Crippen MR) is 79.5 cm³/mol. The molecule has 2 fully saturated rings. The van der Waals surface area contributed by atoms with Crippen molar-refractivity contribution in [2.75, 3.05) is 13.1 Å². The third kappa shape index (κ3) is 2.93. The zero-order valence-electron chi connectivity index (χ0n) is 12.0. The summed E-state index contributed by atoms with van der Waals surface area (Å²) >= 11 is 0. The topological polar surface area (TPSA) is 75.4 Å². The van der Waals surface area contributed by atoms with Crippen molar-refractivity contribution in [3.63, 3.8) is 0 Å². The van der Waals surface area contributed by atoms with Gasteiger partial charge >= 0.3 is 0 Å². The minimum absolute atomic E-state index is 0.0700. The van der Waals surface area contributed by atoms with Gasteiger partial charge in [-0.2, -0.15) is 0 Å². The van der Waals surface area contributed by atoms with Crippen molar-refractivity contribution >= 4 is 11.8 Å². The number of carbonyl (C=O) groups excluding carboxylic acids is 2. The van der Waals surface area contributed by atoms with Crippen LogP contribution in [0.3, 0.4) is 0 Å². The predicted octanol–water partition coefficient (Wildman–Crippen LogP) is 0.886. The first-order valence-electron chi connectivity index (χ1n) is 7.55. The largest absolute Gasteiger partial charge is 0.353 e. The summed E-state index contributed by atoms with van der Waals surface area (Å²) in [6.45, 7) is 1.88. The Bertz CT molecular complexity index is 558. The Morgan fingerprint density at radius 1 is 1.38 bits per heavy atom. The lowest BCUT2D eigenvalue weighted by atomic mass is 9.85. The van der Waals surface area contributed by atoms with Crippen LogP contribution in [0.15, 0.2) is 24.3 Å². The van der Waals surface area contributed by atoms with Gasteiger partial charge in [0.1, 0.15) is 0 Å². The molecule has 0 radical (unpaired) electrons. The highest BCUT2D eigenvalue weighted by molar-refractivity contribution is 5.94. The molecule has 0 bridgehead atoms. The van der Waals surface area contributed by atoms with E-state index < -0.39 is 0 Å². The molecular formula is C16H21N3O2. The number of amides is 2. The molecule has 0 aliphatic carbocycles. The molecule has 2 aliphatic rings. The molecule has 0 aromatic heterocycles. The first-order valence-corrected chi connectivity index (χ1v) is 7.55. The van der Waals surface area contributed by atoms with Crippen LogP contribution in [-0.2, 0) is 11.3 Å². The van der Waals surface area contributed by atoms with Crippen LogP contribution in [0.4, 0.5) is 0 Å². The van der Waals surface area contributed by atoms with Crippen molar-refractivity contribution in [2.45, 2.75) is 31.8 Å². The maximum atomic E-state index is 12.6. The van der Waals surface area contributed by atoms with Crippen molar-refractivity contribution in [3.8, 4) is 0 Å². The Morgan fingerprint density at radius 2 is 2.24 bits per heavy atom. The Morgan fingerprint density at radius 3 is 3.05 bits per heavy atom. The molecule has 1 aromatic carbocycles. The molecule has 21 heavy (non-hydrogen) atoms. The van der Waals surface area contributed by atoms with Gasteiger partial charge in [0.05, 0.1) is 0 Å². The fourth-order valence-electron chi connectivity index (χ4n) is 3.31. The highest BCUT2D eigenvalue weighted by Gasteiger charge is 2.35. The SMILES string of the molecule is NCc1cccc(C(=O)N2CCC3NC(=O)CCC3C2)c1. The Hall–Kier alpha value is -1.88. The maximum Gasteiger partial charge on any atom is 0.253 e. The maximum absolute atomic E-state index is 12.6. The molecule has 2 saturated heterocycles. The third-order valence-corrected chi connectivity index (χ3v) is 4.52. The van der Waals surface area contributed by atoms with E-state index in [-0.39, 0.29) is 17.9 Å².